The molecule has 2 heterocycles. The van der Waals surface area contributed by atoms with E-state index in [-0.39, 0.29) is 18.4 Å². The van der Waals surface area contributed by atoms with Crippen molar-refractivity contribution in [2.24, 2.45) is 5.41 Å². The quantitative estimate of drug-likeness (QED) is 0.787. The van der Waals surface area contributed by atoms with Crippen molar-refractivity contribution in [2.75, 3.05) is 27.2 Å². The van der Waals surface area contributed by atoms with Crippen LogP contribution in [0.4, 0.5) is 0 Å². The maximum absolute atomic E-state index is 13.0. The number of aromatic nitrogens is 1. The zero-order valence-electron chi connectivity index (χ0n) is 16.0. The van der Waals surface area contributed by atoms with Crippen LogP contribution in [0.5, 0.6) is 0 Å². The largest absolute Gasteiger partial charge is 0.367 e. The Morgan fingerprint density at radius 2 is 2.07 bits per heavy atom. The van der Waals surface area contributed by atoms with E-state index < -0.39 is 5.41 Å². The number of rotatable bonds is 5. The van der Waals surface area contributed by atoms with E-state index in [2.05, 4.69) is 11.1 Å². The molecule has 1 saturated carbocycles. The fourth-order valence-corrected chi connectivity index (χ4v) is 3.90. The van der Waals surface area contributed by atoms with Crippen molar-refractivity contribution in [2.45, 2.75) is 45.3 Å². The van der Waals surface area contributed by atoms with Gasteiger partial charge in [-0.25, -0.2) is 0 Å². The van der Waals surface area contributed by atoms with Crippen LogP contribution in [-0.2, 0) is 33.9 Å². The number of hydrogen-bond acceptors (Lipinski definition) is 5. The summed E-state index contributed by atoms with van der Waals surface area (Å²) < 4.78 is 5.54. The van der Waals surface area contributed by atoms with Crippen molar-refractivity contribution >= 4 is 11.8 Å². The van der Waals surface area contributed by atoms with Crippen molar-refractivity contribution < 1.29 is 14.3 Å². The molecule has 0 aromatic carbocycles. The third-order valence-corrected chi connectivity index (χ3v) is 5.58. The molecular weight excluding hydrogens is 344 g/mol. The molecule has 0 saturated heterocycles. The SMILES string of the molecule is CN(C)C(=O)COCc1cncc2c1CCN(C(=O)C1(C#N)CCCC1)C2. The van der Waals surface area contributed by atoms with Crippen LogP contribution in [0.25, 0.3) is 0 Å². The van der Waals surface area contributed by atoms with E-state index in [1.54, 1.807) is 31.4 Å². The Hall–Kier alpha value is -2.46. The van der Waals surface area contributed by atoms with E-state index in [0.29, 0.717) is 39.0 Å². The summed E-state index contributed by atoms with van der Waals surface area (Å²) in [5, 5.41) is 9.58. The molecule has 1 fully saturated rings. The van der Waals surface area contributed by atoms with Gasteiger partial charge in [0.05, 0.1) is 12.7 Å². The molecule has 1 aliphatic carbocycles. The Kier molecular flexibility index (Phi) is 5.76. The fraction of sp³-hybridized carbons (Fsp3) is 0.600. The molecule has 27 heavy (non-hydrogen) atoms. The lowest BCUT2D eigenvalue weighted by Gasteiger charge is -2.34. The molecule has 1 aromatic rings. The molecular formula is C20H26N4O3. The molecule has 1 aromatic heterocycles. The highest BCUT2D eigenvalue weighted by molar-refractivity contribution is 5.86. The Morgan fingerprint density at radius 1 is 1.33 bits per heavy atom. The van der Waals surface area contributed by atoms with Crippen LogP contribution >= 0.6 is 0 Å². The number of nitrogens with zero attached hydrogens (tertiary/aromatic N) is 4. The van der Waals surface area contributed by atoms with E-state index in [1.165, 1.54) is 4.90 Å². The van der Waals surface area contributed by atoms with E-state index in [9.17, 15) is 14.9 Å². The second-order valence-electron chi connectivity index (χ2n) is 7.59. The molecule has 0 bridgehead atoms. The van der Waals surface area contributed by atoms with Crippen LogP contribution in [0.3, 0.4) is 0 Å². The topological polar surface area (TPSA) is 86.5 Å². The maximum atomic E-state index is 13.0. The standard InChI is InChI=1S/C20H26N4O3/c1-23(2)18(25)13-27-12-16-10-22-9-15-11-24(8-5-17(15)16)19(26)20(14-21)6-3-4-7-20/h9-10H,3-8,11-13H2,1-2H3. The van der Waals surface area contributed by atoms with Crippen LogP contribution in [0.15, 0.2) is 12.4 Å². The summed E-state index contributed by atoms with van der Waals surface area (Å²) in [6, 6.07) is 2.29. The molecule has 7 heteroatoms. The summed E-state index contributed by atoms with van der Waals surface area (Å²) in [6.07, 6.45) is 7.49. The van der Waals surface area contributed by atoms with Crippen molar-refractivity contribution in [3.8, 4) is 6.07 Å². The van der Waals surface area contributed by atoms with Gasteiger partial charge in [-0.15, -0.1) is 0 Å². The first-order valence-electron chi connectivity index (χ1n) is 9.40. The molecule has 2 aliphatic rings. The van der Waals surface area contributed by atoms with Crippen molar-refractivity contribution in [1.29, 1.82) is 5.26 Å². The van der Waals surface area contributed by atoms with E-state index in [0.717, 1.165) is 29.5 Å². The highest BCUT2D eigenvalue weighted by atomic mass is 16.5. The molecule has 0 spiro atoms. The number of carbonyl (C=O) groups is 2. The Morgan fingerprint density at radius 3 is 2.74 bits per heavy atom. The lowest BCUT2D eigenvalue weighted by Crippen LogP contribution is -2.44. The van der Waals surface area contributed by atoms with Gasteiger partial charge in [0.15, 0.2) is 0 Å². The lowest BCUT2D eigenvalue weighted by atomic mass is 9.85. The smallest absolute Gasteiger partial charge is 0.248 e. The Balaban J connectivity index is 1.67. The van der Waals surface area contributed by atoms with Gasteiger partial charge in [-0.3, -0.25) is 14.6 Å². The fourth-order valence-electron chi connectivity index (χ4n) is 3.90. The zero-order valence-corrected chi connectivity index (χ0v) is 16.0. The molecule has 0 unspecified atom stereocenters. The van der Waals surface area contributed by atoms with Crippen molar-refractivity contribution in [3.63, 3.8) is 0 Å². The highest BCUT2D eigenvalue weighted by Gasteiger charge is 2.44. The van der Waals surface area contributed by atoms with Gasteiger partial charge in [0.1, 0.15) is 12.0 Å². The minimum absolute atomic E-state index is 0.0337. The molecule has 1 aliphatic heterocycles. The normalized spacial score (nSPS) is 17.9. The van der Waals surface area contributed by atoms with Crippen molar-refractivity contribution in [1.82, 2.24) is 14.8 Å². The number of ether oxygens (including phenoxy) is 1. The number of carbonyl (C=O) groups excluding carboxylic acids is 2. The Bertz CT molecular complexity index is 763. The summed E-state index contributed by atoms with van der Waals surface area (Å²) in [7, 11) is 3.39. The van der Waals surface area contributed by atoms with Crippen LogP contribution in [0, 0.1) is 16.7 Å². The monoisotopic (exact) mass is 370 g/mol. The van der Waals surface area contributed by atoms with E-state index in [1.807, 2.05) is 0 Å². The van der Waals surface area contributed by atoms with Crippen LogP contribution < -0.4 is 0 Å². The summed E-state index contributed by atoms with van der Waals surface area (Å²) in [6.45, 7) is 1.44. The van der Waals surface area contributed by atoms with Gasteiger partial charge >= 0.3 is 0 Å². The van der Waals surface area contributed by atoms with Gasteiger partial charge in [0, 0.05) is 39.6 Å². The first kappa shape index (κ1) is 19.3. The maximum Gasteiger partial charge on any atom is 0.248 e. The number of amides is 2. The lowest BCUT2D eigenvalue weighted by molar-refractivity contribution is -0.140. The highest BCUT2D eigenvalue weighted by Crippen LogP contribution is 2.40. The second kappa shape index (κ2) is 8.05. The average Bonchev–Trinajstić information content (AvgIpc) is 3.17. The van der Waals surface area contributed by atoms with Crippen LogP contribution in [0.1, 0.15) is 42.4 Å². The first-order valence-corrected chi connectivity index (χ1v) is 9.40. The molecule has 0 radical (unpaired) electrons. The summed E-state index contributed by atoms with van der Waals surface area (Å²) in [5.41, 5.74) is 2.27. The van der Waals surface area contributed by atoms with Crippen molar-refractivity contribution in [3.05, 3.63) is 29.1 Å². The summed E-state index contributed by atoms with van der Waals surface area (Å²) >= 11 is 0. The predicted molar refractivity (Wildman–Crippen MR) is 98.2 cm³/mol. The third-order valence-electron chi connectivity index (χ3n) is 5.58. The summed E-state index contributed by atoms with van der Waals surface area (Å²) in [5.74, 6) is -0.116. The van der Waals surface area contributed by atoms with Gasteiger partial charge in [0.25, 0.3) is 0 Å². The first-order chi connectivity index (χ1) is 13.0. The molecule has 0 atom stereocenters. The van der Waals surface area contributed by atoms with Gasteiger partial charge in [-0.1, -0.05) is 12.8 Å². The van der Waals surface area contributed by atoms with Crippen LogP contribution in [-0.4, -0.2) is 53.8 Å². The van der Waals surface area contributed by atoms with Crippen LogP contribution in [0.2, 0.25) is 0 Å². The second-order valence-corrected chi connectivity index (χ2v) is 7.59. The zero-order chi connectivity index (χ0) is 19.4. The van der Waals surface area contributed by atoms with E-state index >= 15 is 0 Å². The number of hydrogen-bond donors (Lipinski definition) is 0. The molecule has 2 amide bonds. The van der Waals surface area contributed by atoms with Gasteiger partial charge < -0.3 is 14.5 Å². The van der Waals surface area contributed by atoms with E-state index in [4.69, 9.17) is 4.74 Å². The molecule has 0 N–H and O–H groups in total. The predicted octanol–water partition coefficient (Wildman–Crippen LogP) is 1.66. The minimum atomic E-state index is -0.835. The number of fused-ring (bicyclic) bond motifs is 1. The molecule has 7 nitrogen and oxygen atoms in total. The molecule has 3 rings (SSSR count). The number of nitriles is 1. The summed E-state index contributed by atoms with van der Waals surface area (Å²) in [4.78, 5) is 32.2. The minimum Gasteiger partial charge on any atom is -0.367 e. The van der Waals surface area contributed by atoms with Gasteiger partial charge in [-0.05, 0) is 36.0 Å². The third kappa shape index (κ3) is 3.96. The Labute approximate surface area is 159 Å². The molecule has 144 valence electrons. The van der Waals surface area contributed by atoms with Gasteiger partial charge in [-0.2, -0.15) is 5.26 Å². The number of pyridine rings is 1. The number of likely N-dealkylation sites (N-methyl/N-ethyl adjacent to an activating group) is 1. The van der Waals surface area contributed by atoms with Gasteiger partial charge in [0.2, 0.25) is 11.8 Å². The average molecular weight is 370 g/mol.